The summed E-state index contributed by atoms with van der Waals surface area (Å²) in [5, 5.41) is 0. The number of hydrogen-bond donors (Lipinski definition) is 0. The molecule has 0 fully saturated rings. The highest BCUT2D eigenvalue weighted by atomic mass is 31.0. The maximum atomic E-state index is 5.19. The number of rotatable bonds is 4. The molecule has 0 bridgehead atoms. The zero-order chi connectivity index (χ0) is 9.52. The molecular weight excluding hydrogens is 181 g/mol. The highest BCUT2D eigenvalue weighted by Crippen LogP contribution is 2.02. The lowest BCUT2D eigenvalue weighted by Crippen LogP contribution is -1.97. The maximum Gasteiger partial charge on any atom is 0.0557 e. The maximum absolute atomic E-state index is 5.19. The molecule has 0 saturated carbocycles. The molecule has 0 spiro atoms. The molecule has 68 valence electrons. The molecule has 1 aromatic rings. The van der Waals surface area contributed by atoms with Gasteiger partial charge in [0.15, 0.2) is 0 Å². The number of terminal acetylenes is 1. The van der Waals surface area contributed by atoms with Gasteiger partial charge < -0.3 is 4.52 Å². The van der Waals surface area contributed by atoms with E-state index < -0.39 is 0 Å². The molecule has 0 amide bonds. The minimum Gasteiger partial charge on any atom is -0.365 e. The van der Waals surface area contributed by atoms with Crippen LogP contribution < -0.4 is 0 Å². The van der Waals surface area contributed by atoms with E-state index in [4.69, 9.17) is 10.9 Å². The van der Waals surface area contributed by atoms with Gasteiger partial charge in [-0.05, 0) is 12.1 Å². The van der Waals surface area contributed by atoms with Crippen LogP contribution in [0.4, 0.5) is 0 Å². The van der Waals surface area contributed by atoms with Crippen molar-refractivity contribution in [2.24, 2.45) is 0 Å². The highest BCUT2D eigenvalue weighted by molar-refractivity contribution is 7.09. The first-order valence-corrected chi connectivity index (χ1v) is 4.54. The molecule has 1 unspecified atom stereocenters. The Kier molecular flexibility index (Phi) is 4.46. The van der Waals surface area contributed by atoms with Gasteiger partial charge in [-0.1, -0.05) is 6.07 Å². The summed E-state index contributed by atoms with van der Waals surface area (Å²) in [4.78, 5) is 4.37. The third-order valence-electron chi connectivity index (χ3n) is 1.62. The Morgan fingerprint density at radius 1 is 1.46 bits per heavy atom. The summed E-state index contributed by atoms with van der Waals surface area (Å²) in [6, 6.07) is 5.88. The topological polar surface area (TPSA) is 22.1 Å². The second kappa shape index (κ2) is 5.70. The Hall–Kier alpha value is -0.900. The third-order valence-corrected chi connectivity index (χ3v) is 1.86. The molecule has 1 aromatic heterocycles. The van der Waals surface area contributed by atoms with Gasteiger partial charge in [0.05, 0.1) is 18.7 Å². The van der Waals surface area contributed by atoms with Crippen molar-refractivity contribution < 1.29 is 4.52 Å². The van der Waals surface area contributed by atoms with Gasteiger partial charge in [-0.25, -0.2) is 0 Å². The molecule has 0 radical (unpaired) electrons. The first kappa shape index (κ1) is 10.2. The highest BCUT2D eigenvalue weighted by Gasteiger charge is 1.96. The Labute approximate surface area is 81.0 Å². The van der Waals surface area contributed by atoms with Crippen LogP contribution in [0.15, 0.2) is 18.2 Å². The molecule has 0 aliphatic heterocycles. The third kappa shape index (κ3) is 3.55. The quantitative estimate of drug-likeness (QED) is 0.535. The fourth-order valence-electron chi connectivity index (χ4n) is 1.04. The zero-order valence-electron chi connectivity index (χ0n) is 7.36. The van der Waals surface area contributed by atoms with Crippen molar-refractivity contribution in [2.45, 2.75) is 12.8 Å². The predicted octanol–water partition coefficient (Wildman–Crippen LogP) is 1.61. The summed E-state index contributed by atoms with van der Waals surface area (Å²) < 4.78 is 4.88. The molecule has 0 N–H and O–H groups in total. The lowest BCUT2D eigenvalue weighted by molar-refractivity contribution is 0.375. The van der Waals surface area contributed by atoms with Crippen LogP contribution in [0.1, 0.15) is 11.4 Å². The SMILES string of the molecule is C#CCc1cccc(CCOP)n1. The molecule has 1 rings (SSSR count). The summed E-state index contributed by atoms with van der Waals surface area (Å²) in [7, 11) is 2.22. The predicted molar refractivity (Wildman–Crippen MR) is 56.1 cm³/mol. The van der Waals surface area contributed by atoms with Crippen LogP contribution >= 0.6 is 9.47 Å². The number of hydrogen-bond acceptors (Lipinski definition) is 2. The second-order valence-corrected chi connectivity index (χ2v) is 2.96. The van der Waals surface area contributed by atoms with Crippen LogP contribution in [0.3, 0.4) is 0 Å². The molecule has 1 atom stereocenters. The van der Waals surface area contributed by atoms with E-state index in [0.29, 0.717) is 13.0 Å². The van der Waals surface area contributed by atoms with E-state index in [2.05, 4.69) is 20.4 Å². The lowest BCUT2D eigenvalue weighted by Gasteiger charge is -2.01. The summed E-state index contributed by atoms with van der Waals surface area (Å²) >= 11 is 0. The van der Waals surface area contributed by atoms with Crippen molar-refractivity contribution >= 4 is 9.47 Å². The number of nitrogens with zero attached hydrogens (tertiary/aromatic N) is 1. The van der Waals surface area contributed by atoms with E-state index in [1.54, 1.807) is 0 Å². The summed E-state index contributed by atoms with van der Waals surface area (Å²) in [6.45, 7) is 0.664. The molecule has 13 heavy (non-hydrogen) atoms. The normalized spacial score (nSPS) is 9.54. The number of pyridine rings is 1. The Balaban J connectivity index is 2.63. The van der Waals surface area contributed by atoms with E-state index in [1.165, 1.54) is 0 Å². The summed E-state index contributed by atoms with van der Waals surface area (Å²) in [5.74, 6) is 2.57. The van der Waals surface area contributed by atoms with E-state index in [-0.39, 0.29) is 0 Å². The van der Waals surface area contributed by atoms with Crippen LogP contribution in [-0.4, -0.2) is 11.6 Å². The average molecular weight is 193 g/mol. The van der Waals surface area contributed by atoms with Crippen molar-refractivity contribution in [3.05, 3.63) is 29.6 Å². The van der Waals surface area contributed by atoms with Gasteiger partial charge in [0.1, 0.15) is 0 Å². The number of aromatic nitrogens is 1. The van der Waals surface area contributed by atoms with Crippen molar-refractivity contribution in [3.63, 3.8) is 0 Å². The zero-order valence-corrected chi connectivity index (χ0v) is 8.52. The monoisotopic (exact) mass is 193 g/mol. The Bertz CT molecular complexity index is 306. The van der Waals surface area contributed by atoms with Crippen molar-refractivity contribution in [1.29, 1.82) is 0 Å². The molecule has 0 saturated heterocycles. The van der Waals surface area contributed by atoms with Gasteiger partial charge in [-0.3, -0.25) is 4.98 Å². The fourth-order valence-corrected chi connectivity index (χ4v) is 1.15. The Morgan fingerprint density at radius 3 is 2.92 bits per heavy atom. The van der Waals surface area contributed by atoms with E-state index in [1.807, 2.05) is 18.2 Å². The lowest BCUT2D eigenvalue weighted by atomic mass is 10.2. The Morgan fingerprint density at radius 2 is 2.23 bits per heavy atom. The molecule has 0 aliphatic rings. The van der Waals surface area contributed by atoms with E-state index >= 15 is 0 Å². The van der Waals surface area contributed by atoms with E-state index in [9.17, 15) is 0 Å². The van der Waals surface area contributed by atoms with Gasteiger partial charge in [0.2, 0.25) is 0 Å². The van der Waals surface area contributed by atoms with Crippen LogP contribution in [0.5, 0.6) is 0 Å². The van der Waals surface area contributed by atoms with Crippen LogP contribution in [0.2, 0.25) is 0 Å². The second-order valence-electron chi connectivity index (χ2n) is 2.62. The van der Waals surface area contributed by atoms with Gasteiger partial charge in [-0.15, -0.1) is 12.3 Å². The van der Waals surface area contributed by atoms with Crippen LogP contribution in [-0.2, 0) is 17.4 Å². The van der Waals surface area contributed by atoms with Gasteiger partial charge >= 0.3 is 0 Å². The average Bonchev–Trinajstić information content (AvgIpc) is 2.16. The molecule has 2 nitrogen and oxygen atoms in total. The van der Waals surface area contributed by atoms with Crippen molar-refractivity contribution in [3.8, 4) is 12.3 Å². The largest absolute Gasteiger partial charge is 0.365 e. The van der Waals surface area contributed by atoms with Crippen molar-refractivity contribution in [1.82, 2.24) is 4.98 Å². The van der Waals surface area contributed by atoms with E-state index in [0.717, 1.165) is 17.8 Å². The summed E-state index contributed by atoms with van der Waals surface area (Å²) in [5.41, 5.74) is 1.97. The van der Waals surface area contributed by atoms with Gasteiger partial charge in [-0.2, -0.15) is 0 Å². The molecule has 1 heterocycles. The standard InChI is InChI=1S/C10H12NOP/c1-2-4-9-5-3-6-10(11-9)7-8-12-13/h1,3,5-6H,4,7-8,13H2. The van der Waals surface area contributed by atoms with Crippen LogP contribution in [0, 0.1) is 12.3 Å². The molecule has 0 aliphatic carbocycles. The van der Waals surface area contributed by atoms with Gasteiger partial charge in [0.25, 0.3) is 0 Å². The van der Waals surface area contributed by atoms with Crippen LogP contribution in [0.25, 0.3) is 0 Å². The first-order chi connectivity index (χ1) is 6.36. The molecule has 3 heteroatoms. The van der Waals surface area contributed by atoms with Gasteiger partial charge in [0, 0.05) is 21.6 Å². The van der Waals surface area contributed by atoms with Crippen molar-refractivity contribution in [2.75, 3.05) is 6.61 Å². The smallest absolute Gasteiger partial charge is 0.0557 e. The molecule has 0 aromatic carbocycles. The molecular formula is C10H12NOP. The summed E-state index contributed by atoms with van der Waals surface area (Å²) in [6.07, 6.45) is 6.61. The first-order valence-electron chi connectivity index (χ1n) is 4.06. The minimum atomic E-state index is 0.593. The fraction of sp³-hybridized carbons (Fsp3) is 0.300. The minimum absolute atomic E-state index is 0.593.